The maximum absolute atomic E-state index is 12.5. The molecule has 1 saturated heterocycles. The summed E-state index contributed by atoms with van der Waals surface area (Å²) >= 11 is 5.94. The second-order valence-electron chi connectivity index (χ2n) is 9.06. The first-order chi connectivity index (χ1) is 15.5. The van der Waals surface area contributed by atoms with E-state index < -0.39 is 11.9 Å². The monoisotopic (exact) mass is 472 g/mol. The number of carbonyl (C=O) groups excluding carboxylic acids is 2. The van der Waals surface area contributed by atoms with Gasteiger partial charge in [0.05, 0.1) is 17.8 Å². The van der Waals surface area contributed by atoms with Gasteiger partial charge in [0, 0.05) is 48.0 Å². The maximum Gasteiger partial charge on any atom is 0.337 e. The van der Waals surface area contributed by atoms with E-state index in [0.717, 1.165) is 5.69 Å². The minimum absolute atomic E-state index is 0.00913. The van der Waals surface area contributed by atoms with Crippen molar-refractivity contribution in [2.24, 2.45) is 0 Å². The molecular formula is C24H29ClN4O4. The number of amides is 2. The Labute approximate surface area is 198 Å². The number of nitrogens with one attached hydrogen (secondary N) is 2. The fraction of sp³-hybridized carbons (Fsp3) is 0.375. The quantitative estimate of drug-likeness (QED) is 0.596. The zero-order valence-electron chi connectivity index (χ0n) is 19.0. The molecule has 0 spiro atoms. The maximum atomic E-state index is 12.5. The number of piperazine rings is 1. The third kappa shape index (κ3) is 6.94. The van der Waals surface area contributed by atoms with Gasteiger partial charge < -0.3 is 20.6 Å². The highest BCUT2D eigenvalue weighted by atomic mass is 35.5. The minimum atomic E-state index is -1.13. The van der Waals surface area contributed by atoms with E-state index in [4.69, 9.17) is 11.6 Å². The van der Waals surface area contributed by atoms with Gasteiger partial charge in [-0.3, -0.25) is 14.5 Å². The molecular weight excluding hydrogens is 444 g/mol. The molecule has 2 aromatic carbocycles. The van der Waals surface area contributed by atoms with Crippen molar-refractivity contribution < 1.29 is 19.5 Å². The topological polar surface area (TPSA) is 102 Å². The third-order valence-electron chi connectivity index (χ3n) is 5.19. The van der Waals surface area contributed by atoms with Crippen molar-refractivity contribution >= 4 is 40.8 Å². The summed E-state index contributed by atoms with van der Waals surface area (Å²) in [5, 5.41) is 15.8. The summed E-state index contributed by atoms with van der Waals surface area (Å²) in [7, 11) is 0. The summed E-state index contributed by atoms with van der Waals surface area (Å²) in [6, 6.07) is 11.4. The fourth-order valence-corrected chi connectivity index (χ4v) is 3.85. The predicted octanol–water partition coefficient (Wildman–Crippen LogP) is 3.33. The van der Waals surface area contributed by atoms with Crippen LogP contribution in [0.15, 0.2) is 42.5 Å². The van der Waals surface area contributed by atoms with Gasteiger partial charge in [0.15, 0.2) is 0 Å². The normalized spacial score (nSPS) is 14.6. The van der Waals surface area contributed by atoms with Crippen molar-refractivity contribution in [3.05, 3.63) is 58.6 Å². The van der Waals surface area contributed by atoms with Crippen LogP contribution in [0.25, 0.3) is 0 Å². The molecule has 0 bridgehead atoms. The van der Waals surface area contributed by atoms with Crippen LogP contribution in [0.3, 0.4) is 0 Å². The lowest BCUT2D eigenvalue weighted by molar-refractivity contribution is -0.123. The van der Waals surface area contributed by atoms with Gasteiger partial charge in [-0.05, 0) is 57.2 Å². The Hall–Kier alpha value is -3.10. The third-order valence-corrected chi connectivity index (χ3v) is 5.42. The van der Waals surface area contributed by atoms with Gasteiger partial charge in [-0.2, -0.15) is 0 Å². The number of rotatable bonds is 6. The van der Waals surface area contributed by atoms with Gasteiger partial charge >= 0.3 is 5.97 Å². The molecule has 2 amide bonds. The van der Waals surface area contributed by atoms with E-state index in [2.05, 4.69) is 20.4 Å². The highest BCUT2D eigenvalue weighted by Crippen LogP contribution is 2.25. The lowest BCUT2D eigenvalue weighted by atomic mass is 10.1. The molecule has 176 valence electrons. The van der Waals surface area contributed by atoms with Crippen molar-refractivity contribution in [2.45, 2.75) is 26.3 Å². The summed E-state index contributed by atoms with van der Waals surface area (Å²) in [5.74, 6) is -1.57. The summed E-state index contributed by atoms with van der Waals surface area (Å²) in [5.41, 5.74) is 1.06. The van der Waals surface area contributed by atoms with Gasteiger partial charge in [0.25, 0.3) is 5.91 Å². The van der Waals surface area contributed by atoms with E-state index in [9.17, 15) is 19.5 Å². The van der Waals surface area contributed by atoms with Gasteiger partial charge in [-0.1, -0.05) is 17.7 Å². The van der Waals surface area contributed by atoms with Gasteiger partial charge in [-0.25, -0.2) is 4.79 Å². The minimum Gasteiger partial charge on any atom is -0.478 e. The first kappa shape index (κ1) is 24.5. The van der Waals surface area contributed by atoms with Crippen molar-refractivity contribution in [3.8, 4) is 0 Å². The number of benzene rings is 2. The van der Waals surface area contributed by atoms with Crippen LogP contribution in [0.2, 0.25) is 5.02 Å². The molecule has 0 atom stereocenters. The predicted molar refractivity (Wildman–Crippen MR) is 129 cm³/mol. The van der Waals surface area contributed by atoms with Crippen molar-refractivity contribution in [3.63, 3.8) is 0 Å². The molecule has 1 aliphatic rings. The van der Waals surface area contributed by atoms with Crippen LogP contribution in [-0.4, -0.2) is 66.1 Å². The van der Waals surface area contributed by atoms with E-state index in [1.165, 1.54) is 6.07 Å². The van der Waals surface area contributed by atoms with Crippen molar-refractivity contribution in [1.82, 2.24) is 10.2 Å². The number of nitrogens with zero attached hydrogens (tertiary/aromatic N) is 2. The number of carbonyl (C=O) groups is 3. The molecule has 0 unspecified atom stereocenters. The lowest BCUT2D eigenvalue weighted by Gasteiger charge is -2.36. The molecule has 0 aromatic heterocycles. The summed E-state index contributed by atoms with van der Waals surface area (Å²) < 4.78 is 0. The molecule has 0 aliphatic carbocycles. The number of carboxylic acid groups (broad SMARTS) is 1. The largest absolute Gasteiger partial charge is 0.478 e. The van der Waals surface area contributed by atoms with Crippen LogP contribution in [0, 0.1) is 0 Å². The molecule has 1 heterocycles. The Morgan fingerprint density at radius 2 is 1.73 bits per heavy atom. The zero-order chi connectivity index (χ0) is 24.2. The fourth-order valence-electron chi connectivity index (χ4n) is 3.66. The number of hydrogen-bond donors (Lipinski definition) is 3. The Morgan fingerprint density at radius 3 is 2.33 bits per heavy atom. The smallest absolute Gasteiger partial charge is 0.337 e. The van der Waals surface area contributed by atoms with E-state index in [0.29, 0.717) is 43.3 Å². The second-order valence-corrected chi connectivity index (χ2v) is 9.50. The highest BCUT2D eigenvalue weighted by Gasteiger charge is 2.23. The number of aromatic carboxylic acids is 1. The Bertz CT molecular complexity index is 1040. The molecule has 1 fully saturated rings. The molecule has 0 radical (unpaired) electrons. The number of halogens is 1. The van der Waals surface area contributed by atoms with Gasteiger partial charge in [-0.15, -0.1) is 0 Å². The average Bonchev–Trinajstić information content (AvgIpc) is 2.73. The molecule has 3 N–H and O–H groups in total. The van der Waals surface area contributed by atoms with E-state index in [1.807, 2.05) is 20.8 Å². The highest BCUT2D eigenvalue weighted by molar-refractivity contribution is 6.31. The van der Waals surface area contributed by atoms with Crippen molar-refractivity contribution in [1.29, 1.82) is 0 Å². The lowest BCUT2D eigenvalue weighted by Crippen LogP contribution is -2.51. The Balaban J connectivity index is 1.65. The molecule has 33 heavy (non-hydrogen) atoms. The molecule has 9 heteroatoms. The van der Waals surface area contributed by atoms with Crippen LogP contribution in [0.5, 0.6) is 0 Å². The van der Waals surface area contributed by atoms with Crippen LogP contribution >= 0.6 is 11.6 Å². The number of hydrogen-bond acceptors (Lipinski definition) is 5. The van der Waals surface area contributed by atoms with Gasteiger partial charge in [0.1, 0.15) is 0 Å². The summed E-state index contributed by atoms with van der Waals surface area (Å²) in [4.78, 5) is 40.7. The number of carboxylic acids is 1. The molecule has 8 nitrogen and oxygen atoms in total. The summed E-state index contributed by atoms with van der Waals surface area (Å²) in [6.45, 7) is 8.88. The van der Waals surface area contributed by atoms with E-state index in [1.54, 1.807) is 36.4 Å². The second kappa shape index (κ2) is 10.2. The van der Waals surface area contributed by atoms with Crippen LogP contribution < -0.4 is 15.5 Å². The van der Waals surface area contributed by atoms with Crippen molar-refractivity contribution in [2.75, 3.05) is 42.9 Å². The molecule has 1 aliphatic heterocycles. The summed E-state index contributed by atoms with van der Waals surface area (Å²) in [6.07, 6.45) is 0. The SMILES string of the molecule is CC(C)(C)NC(=O)CN1CCN(c2ccc(NC(=O)c3cccc(Cl)c3)c(C(=O)O)c2)CC1. The Kier molecular flexibility index (Phi) is 7.61. The first-order valence-corrected chi connectivity index (χ1v) is 11.1. The molecule has 2 aromatic rings. The molecule has 0 saturated carbocycles. The first-order valence-electron chi connectivity index (χ1n) is 10.7. The Morgan fingerprint density at radius 1 is 1.03 bits per heavy atom. The van der Waals surface area contributed by atoms with Crippen LogP contribution in [0.4, 0.5) is 11.4 Å². The van der Waals surface area contributed by atoms with Crippen LogP contribution in [-0.2, 0) is 4.79 Å². The van der Waals surface area contributed by atoms with E-state index in [-0.39, 0.29) is 22.7 Å². The van der Waals surface area contributed by atoms with Crippen LogP contribution in [0.1, 0.15) is 41.5 Å². The molecule has 3 rings (SSSR count). The van der Waals surface area contributed by atoms with E-state index >= 15 is 0 Å². The zero-order valence-corrected chi connectivity index (χ0v) is 19.8. The standard InChI is InChI=1S/C24H29ClN4O4/c1-24(2,3)27-21(30)15-28-9-11-29(12-10-28)18-7-8-20(19(14-18)23(32)33)26-22(31)16-5-4-6-17(25)13-16/h4-8,13-14H,9-12,15H2,1-3H3,(H,26,31)(H,27,30)(H,32,33). The number of anilines is 2. The van der Waals surface area contributed by atoms with Gasteiger partial charge in [0.2, 0.25) is 5.91 Å². The average molecular weight is 473 g/mol.